The summed E-state index contributed by atoms with van der Waals surface area (Å²) in [5.41, 5.74) is 3.33. The van der Waals surface area contributed by atoms with E-state index in [0.717, 1.165) is 51.7 Å². The predicted molar refractivity (Wildman–Crippen MR) is 104 cm³/mol. The summed E-state index contributed by atoms with van der Waals surface area (Å²) in [7, 11) is 2.17. The first kappa shape index (κ1) is 15.4. The van der Waals surface area contributed by atoms with Gasteiger partial charge in [0.15, 0.2) is 11.5 Å². The van der Waals surface area contributed by atoms with E-state index in [1.54, 1.807) is 11.3 Å². The van der Waals surface area contributed by atoms with Crippen LogP contribution in [0.3, 0.4) is 0 Å². The van der Waals surface area contributed by atoms with E-state index in [0.29, 0.717) is 0 Å². The van der Waals surface area contributed by atoms with Crippen LogP contribution in [0.2, 0.25) is 0 Å². The molecule has 0 aliphatic carbocycles. The number of hydrogen-bond donors (Lipinski definition) is 0. The Balaban J connectivity index is 1.82. The van der Waals surface area contributed by atoms with Crippen LogP contribution >= 0.6 is 27.3 Å². The maximum atomic E-state index is 4.91. The zero-order valence-corrected chi connectivity index (χ0v) is 16.4. The number of hydrogen-bond acceptors (Lipinski definition) is 5. The number of rotatable bonds is 1. The molecule has 0 bridgehead atoms. The van der Waals surface area contributed by atoms with Crippen molar-refractivity contribution in [2.75, 3.05) is 13.6 Å². The summed E-state index contributed by atoms with van der Waals surface area (Å²) >= 11 is 5.41. The van der Waals surface area contributed by atoms with Gasteiger partial charge in [0, 0.05) is 28.0 Å². The smallest absolute Gasteiger partial charge is 0.183 e. The van der Waals surface area contributed by atoms with E-state index >= 15 is 0 Å². The van der Waals surface area contributed by atoms with E-state index < -0.39 is 0 Å². The Kier molecular flexibility index (Phi) is 3.45. The topological polar surface area (TPSA) is 46.3 Å². The van der Waals surface area contributed by atoms with Crippen LogP contribution in [0.4, 0.5) is 0 Å². The summed E-state index contributed by atoms with van der Waals surface area (Å²) in [5, 5.41) is 5.93. The zero-order valence-electron chi connectivity index (χ0n) is 14.0. The minimum Gasteiger partial charge on any atom is -0.301 e. The van der Waals surface area contributed by atoms with Crippen molar-refractivity contribution in [2.45, 2.75) is 19.9 Å². The van der Waals surface area contributed by atoms with Crippen LogP contribution in [0.1, 0.15) is 16.3 Å². The minimum absolute atomic E-state index is 0.734. The van der Waals surface area contributed by atoms with E-state index in [-0.39, 0.29) is 0 Å². The SMILES string of the molecule is Cc1nc2sc3c(c2c2nc(-c4ccccc4Br)nn12)CCN(C)C3. The van der Waals surface area contributed by atoms with Crippen molar-refractivity contribution in [1.29, 1.82) is 0 Å². The van der Waals surface area contributed by atoms with Crippen LogP contribution in [0.5, 0.6) is 0 Å². The Labute approximate surface area is 157 Å². The van der Waals surface area contributed by atoms with Gasteiger partial charge in [0.05, 0.1) is 5.39 Å². The van der Waals surface area contributed by atoms with Crippen molar-refractivity contribution in [3.05, 3.63) is 45.0 Å². The molecule has 5 rings (SSSR count). The second kappa shape index (κ2) is 5.59. The molecule has 1 aromatic carbocycles. The summed E-state index contributed by atoms with van der Waals surface area (Å²) in [6.45, 7) is 4.06. The van der Waals surface area contributed by atoms with E-state index in [2.05, 4.69) is 27.9 Å². The monoisotopic (exact) mass is 413 g/mol. The van der Waals surface area contributed by atoms with Gasteiger partial charge in [-0.05, 0) is 38.1 Å². The van der Waals surface area contributed by atoms with E-state index in [1.165, 1.54) is 15.8 Å². The van der Waals surface area contributed by atoms with Crippen molar-refractivity contribution >= 4 is 43.1 Å². The third-order valence-electron chi connectivity index (χ3n) is 4.74. The van der Waals surface area contributed by atoms with E-state index in [4.69, 9.17) is 15.1 Å². The summed E-state index contributed by atoms with van der Waals surface area (Å²) < 4.78 is 2.89. The summed E-state index contributed by atoms with van der Waals surface area (Å²) in [5.74, 6) is 1.61. The minimum atomic E-state index is 0.734. The molecule has 0 radical (unpaired) electrons. The Morgan fingerprint density at radius 3 is 2.88 bits per heavy atom. The molecule has 0 saturated carbocycles. The molecule has 0 amide bonds. The van der Waals surface area contributed by atoms with E-state index in [1.807, 2.05) is 35.7 Å². The van der Waals surface area contributed by atoms with Gasteiger partial charge in [-0.2, -0.15) is 4.52 Å². The third-order valence-corrected chi connectivity index (χ3v) is 6.55. The molecular weight excluding hydrogens is 398 g/mol. The molecule has 0 unspecified atom stereocenters. The van der Waals surface area contributed by atoms with Crippen LogP contribution in [0, 0.1) is 6.92 Å². The Hall–Kier alpha value is -1.83. The largest absolute Gasteiger partial charge is 0.301 e. The van der Waals surface area contributed by atoms with Gasteiger partial charge in [-0.15, -0.1) is 16.4 Å². The second-order valence-electron chi connectivity index (χ2n) is 6.48. The maximum absolute atomic E-state index is 4.91. The molecule has 1 aliphatic heterocycles. The molecule has 0 atom stereocenters. The molecule has 4 aromatic rings. The lowest BCUT2D eigenvalue weighted by atomic mass is 10.1. The molecule has 0 saturated heterocycles. The average molecular weight is 414 g/mol. The third kappa shape index (κ3) is 2.33. The summed E-state index contributed by atoms with van der Waals surface area (Å²) in [4.78, 5) is 14.6. The average Bonchev–Trinajstić information content (AvgIpc) is 3.16. The highest BCUT2D eigenvalue weighted by atomic mass is 79.9. The summed E-state index contributed by atoms with van der Waals surface area (Å²) in [6, 6.07) is 8.07. The standard InChI is InChI=1S/C18H16BrN5S/c1-10-20-18-15(12-7-8-23(2)9-14(12)25-18)17-21-16(22-24(10)17)11-5-3-4-6-13(11)19/h3-6H,7-9H2,1-2H3. The van der Waals surface area contributed by atoms with Gasteiger partial charge in [-0.25, -0.2) is 9.97 Å². The number of fused-ring (bicyclic) bond motifs is 5. The highest BCUT2D eigenvalue weighted by molar-refractivity contribution is 9.10. The number of aromatic nitrogens is 4. The summed E-state index contributed by atoms with van der Waals surface area (Å²) in [6.07, 6.45) is 1.05. The molecule has 0 fully saturated rings. The van der Waals surface area contributed by atoms with Gasteiger partial charge < -0.3 is 4.90 Å². The van der Waals surface area contributed by atoms with Gasteiger partial charge in [-0.3, -0.25) is 0 Å². The van der Waals surface area contributed by atoms with Crippen LogP contribution < -0.4 is 0 Å². The molecule has 126 valence electrons. The van der Waals surface area contributed by atoms with Gasteiger partial charge in [0.2, 0.25) is 0 Å². The quantitative estimate of drug-likeness (QED) is 0.471. The number of thiophene rings is 1. The van der Waals surface area contributed by atoms with Crippen LogP contribution in [0.15, 0.2) is 28.7 Å². The number of halogens is 1. The predicted octanol–water partition coefficient (Wildman–Crippen LogP) is 4.06. The molecule has 25 heavy (non-hydrogen) atoms. The normalized spacial score (nSPS) is 15.2. The van der Waals surface area contributed by atoms with Crippen LogP contribution in [-0.4, -0.2) is 38.1 Å². The first-order valence-corrected chi connectivity index (χ1v) is 9.84. The number of likely N-dealkylation sites (N-methyl/N-ethyl adjacent to an activating group) is 1. The fraction of sp³-hybridized carbons (Fsp3) is 0.278. The first-order valence-electron chi connectivity index (χ1n) is 8.23. The lowest BCUT2D eigenvalue weighted by Gasteiger charge is -2.21. The molecule has 3 aromatic heterocycles. The van der Waals surface area contributed by atoms with Gasteiger partial charge in [-0.1, -0.05) is 28.1 Å². The molecule has 0 N–H and O–H groups in total. The fourth-order valence-corrected chi connectivity index (χ4v) is 5.28. The van der Waals surface area contributed by atoms with Gasteiger partial charge in [0.25, 0.3) is 0 Å². The van der Waals surface area contributed by atoms with Gasteiger partial charge >= 0.3 is 0 Å². The van der Waals surface area contributed by atoms with Crippen molar-refractivity contribution in [1.82, 2.24) is 24.5 Å². The lowest BCUT2D eigenvalue weighted by Crippen LogP contribution is -2.25. The van der Waals surface area contributed by atoms with Gasteiger partial charge in [0.1, 0.15) is 10.7 Å². The van der Waals surface area contributed by atoms with Crippen LogP contribution in [-0.2, 0) is 13.0 Å². The lowest BCUT2D eigenvalue weighted by molar-refractivity contribution is 0.318. The van der Waals surface area contributed by atoms with Crippen molar-refractivity contribution in [3.63, 3.8) is 0 Å². The van der Waals surface area contributed by atoms with Crippen molar-refractivity contribution < 1.29 is 0 Å². The second-order valence-corrected chi connectivity index (χ2v) is 8.42. The molecule has 4 heterocycles. The van der Waals surface area contributed by atoms with E-state index in [9.17, 15) is 0 Å². The Morgan fingerprint density at radius 2 is 2.04 bits per heavy atom. The maximum Gasteiger partial charge on any atom is 0.183 e. The fourth-order valence-electron chi connectivity index (χ4n) is 3.48. The number of nitrogens with zero attached hydrogens (tertiary/aromatic N) is 5. The number of benzene rings is 1. The highest BCUT2D eigenvalue weighted by Crippen LogP contribution is 2.37. The highest BCUT2D eigenvalue weighted by Gasteiger charge is 2.24. The molecule has 5 nitrogen and oxygen atoms in total. The van der Waals surface area contributed by atoms with Crippen molar-refractivity contribution in [3.8, 4) is 11.4 Å². The molecular formula is C18H16BrN5S. The number of aryl methyl sites for hydroxylation is 1. The first-order chi connectivity index (χ1) is 12.1. The Morgan fingerprint density at radius 1 is 1.20 bits per heavy atom. The zero-order chi connectivity index (χ0) is 17.1. The molecule has 0 spiro atoms. The molecule has 1 aliphatic rings. The van der Waals surface area contributed by atoms with Crippen molar-refractivity contribution in [2.24, 2.45) is 0 Å². The molecule has 7 heteroatoms. The van der Waals surface area contributed by atoms with Crippen LogP contribution in [0.25, 0.3) is 27.3 Å². The Bertz CT molecular complexity index is 1130.